The number of carbonyl (C=O) groups excluding carboxylic acids is 3. The second-order valence-electron chi connectivity index (χ2n) is 6.32. The summed E-state index contributed by atoms with van der Waals surface area (Å²) in [5.41, 5.74) is 4.63. The van der Waals surface area contributed by atoms with E-state index in [1.165, 1.54) is 13.3 Å². The fourth-order valence-electron chi connectivity index (χ4n) is 2.66. The van der Waals surface area contributed by atoms with Crippen molar-refractivity contribution in [2.75, 3.05) is 12.4 Å². The molecule has 0 bridgehead atoms. The van der Waals surface area contributed by atoms with E-state index in [-0.39, 0.29) is 11.5 Å². The van der Waals surface area contributed by atoms with Crippen LogP contribution in [0, 0.1) is 0 Å². The molecule has 3 aromatic carbocycles. The number of nitrogens with zero attached hydrogens (tertiary/aromatic N) is 1. The lowest BCUT2D eigenvalue weighted by atomic mass is 10.1. The molecule has 0 aliphatic carbocycles. The molecule has 0 radical (unpaired) electrons. The van der Waals surface area contributed by atoms with Crippen LogP contribution < -0.4 is 10.7 Å². The van der Waals surface area contributed by atoms with Crippen LogP contribution in [-0.2, 0) is 4.74 Å². The smallest absolute Gasteiger partial charge is 0.337 e. The number of carbonyl (C=O) groups is 3. The molecular formula is C23H18BrN3O4. The van der Waals surface area contributed by atoms with E-state index in [0.717, 1.165) is 4.47 Å². The number of nitrogens with one attached hydrogen (secondary N) is 2. The zero-order valence-electron chi connectivity index (χ0n) is 16.5. The van der Waals surface area contributed by atoms with Gasteiger partial charge in [0.05, 0.1) is 30.1 Å². The molecule has 3 rings (SSSR count). The van der Waals surface area contributed by atoms with Crippen LogP contribution in [0.5, 0.6) is 0 Å². The molecule has 31 heavy (non-hydrogen) atoms. The first-order chi connectivity index (χ1) is 15.0. The number of hydrazone groups is 1. The van der Waals surface area contributed by atoms with Crippen molar-refractivity contribution in [3.05, 3.63) is 99.5 Å². The van der Waals surface area contributed by atoms with Crippen LogP contribution in [0.1, 0.15) is 36.6 Å². The predicted octanol–water partition coefficient (Wildman–Crippen LogP) is 4.25. The Bertz CT molecular complexity index is 1140. The number of anilines is 1. The van der Waals surface area contributed by atoms with E-state index in [2.05, 4.69) is 36.5 Å². The molecular weight excluding hydrogens is 462 g/mol. The van der Waals surface area contributed by atoms with E-state index in [9.17, 15) is 14.4 Å². The van der Waals surface area contributed by atoms with Gasteiger partial charge in [0.15, 0.2) is 0 Å². The Morgan fingerprint density at radius 3 is 2.35 bits per heavy atom. The molecule has 2 amide bonds. The van der Waals surface area contributed by atoms with Gasteiger partial charge in [0.25, 0.3) is 11.8 Å². The van der Waals surface area contributed by atoms with E-state index in [4.69, 9.17) is 0 Å². The van der Waals surface area contributed by atoms with Gasteiger partial charge in [-0.1, -0.05) is 46.3 Å². The Morgan fingerprint density at radius 1 is 0.903 bits per heavy atom. The van der Waals surface area contributed by atoms with Gasteiger partial charge in [0, 0.05) is 10.0 Å². The number of hydrogen-bond donors (Lipinski definition) is 2. The molecule has 8 heteroatoms. The van der Waals surface area contributed by atoms with Crippen LogP contribution in [0.3, 0.4) is 0 Å². The predicted molar refractivity (Wildman–Crippen MR) is 121 cm³/mol. The summed E-state index contributed by atoms with van der Waals surface area (Å²) in [6.07, 6.45) is 1.45. The third-order valence-electron chi connectivity index (χ3n) is 4.22. The summed E-state index contributed by atoms with van der Waals surface area (Å²) >= 11 is 3.33. The van der Waals surface area contributed by atoms with Crippen molar-refractivity contribution in [3.8, 4) is 0 Å². The largest absolute Gasteiger partial charge is 0.465 e. The lowest BCUT2D eigenvalue weighted by Gasteiger charge is -2.10. The molecule has 0 atom stereocenters. The molecule has 156 valence electrons. The summed E-state index contributed by atoms with van der Waals surface area (Å²) in [4.78, 5) is 36.5. The SMILES string of the molecule is COC(=O)c1ccc(C=NNC(=O)c2ccccc2NC(=O)c2cccc(Br)c2)cc1. The molecule has 0 spiro atoms. The Hall–Kier alpha value is -3.78. The summed E-state index contributed by atoms with van der Waals surface area (Å²) in [6, 6.07) is 20.1. The van der Waals surface area contributed by atoms with E-state index >= 15 is 0 Å². The highest BCUT2D eigenvalue weighted by Gasteiger charge is 2.14. The first-order valence-corrected chi connectivity index (χ1v) is 9.95. The van der Waals surface area contributed by atoms with Gasteiger partial charge in [0.2, 0.25) is 0 Å². The highest BCUT2D eigenvalue weighted by Crippen LogP contribution is 2.18. The van der Waals surface area contributed by atoms with Crippen LogP contribution in [0.4, 0.5) is 5.69 Å². The minimum Gasteiger partial charge on any atom is -0.465 e. The number of hydrogen-bond acceptors (Lipinski definition) is 5. The van der Waals surface area contributed by atoms with Crippen molar-refractivity contribution >= 4 is 45.6 Å². The van der Waals surface area contributed by atoms with Crippen molar-refractivity contribution in [1.82, 2.24) is 5.43 Å². The van der Waals surface area contributed by atoms with Crippen molar-refractivity contribution < 1.29 is 19.1 Å². The average Bonchev–Trinajstić information content (AvgIpc) is 2.79. The zero-order chi connectivity index (χ0) is 22.2. The summed E-state index contributed by atoms with van der Waals surface area (Å²) in [5.74, 6) is -1.25. The Labute approximate surface area is 187 Å². The van der Waals surface area contributed by atoms with Gasteiger partial charge in [-0.15, -0.1) is 0 Å². The van der Waals surface area contributed by atoms with Gasteiger partial charge in [-0.2, -0.15) is 5.10 Å². The summed E-state index contributed by atoms with van der Waals surface area (Å²) in [5, 5.41) is 6.69. The maximum absolute atomic E-state index is 12.6. The minimum absolute atomic E-state index is 0.268. The Balaban J connectivity index is 1.67. The second-order valence-corrected chi connectivity index (χ2v) is 7.24. The average molecular weight is 480 g/mol. The van der Waals surface area contributed by atoms with Crippen LogP contribution in [-0.4, -0.2) is 31.1 Å². The molecule has 0 aliphatic rings. The number of esters is 1. The molecule has 0 aromatic heterocycles. The molecule has 0 saturated heterocycles. The molecule has 0 fully saturated rings. The number of rotatable bonds is 6. The molecule has 0 saturated carbocycles. The maximum atomic E-state index is 12.6. The van der Waals surface area contributed by atoms with Crippen LogP contribution in [0.25, 0.3) is 0 Å². The van der Waals surface area contributed by atoms with Crippen LogP contribution in [0.2, 0.25) is 0 Å². The van der Waals surface area contributed by atoms with Crippen molar-refractivity contribution in [2.45, 2.75) is 0 Å². The van der Waals surface area contributed by atoms with Gasteiger partial charge in [0.1, 0.15) is 0 Å². The number of methoxy groups -OCH3 is 1. The molecule has 0 aliphatic heterocycles. The van der Waals surface area contributed by atoms with Gasteiger partial charge in [-0.25, -0.2) is 10.2 Å². The Morgan fingerprint density at radius 2 is 1.65 bits per heavy atom. The van der Waals surface area contributed by atoms with E-state index in [0.29, 0.717) is 22.4 Å². The normalized spacial score (nSPS) is 10.5. The van der Waals surface area contributed by atoms with Crippen LogP contribution >= 0.6 is 15.9 Å². The third-order valence-corrected chi connectivity index (χ3v) is 4.71. The lowest BCUT2D eigenvalue weighted by molar-refractivity contribution is 0.0600. The lowest BCUT2D eigenvalue weighted by Crippen LogP contribution is -2.21. The first-order valence-electron chi connectivity index (χ1n) is 9.15. The van der Waals surface area contributed by atoms with Crippen LogP contribution in [0.15, 0.2) is 82.4 Å². The number of ether oxygens (including phenoxy) is 1. The zero-order valence-corrected chi connectivity index (χ0v) is 18.0. The molecule has 0 unspecified atom stereocenters. The van der Waals surface area contributed by atoms with Crippen molar-refractivity contribution in [2.24, 2.45) is 5.10 Å². The Kier molecular flexibility index (Phi) is 7.29. The topological polar surface area (TPSA) is 96.9 Å². The number of amides is 2. The molecule has 3 aromatic rings. The number of benzene rings is 3. The monoisotopic (exact) mass is 479 g/mol. The van der Waals surface area contributed by atoms with E-state index in [1.807, 2.05) is 6.07 Å². The van der Waals surface area contributed by atoms with E-state index in [1.54, 1.807) is 66.7 Å². The molecule has 7 nitrogen and oxygen atoms in total. The van der Waals surface area contributed by atoms with Gasteiger partial charge in [-0.3, -0.25) is 9.59 Å². The van der Waals surface area contributed by atoms with Gasteiger partial charge >= 0.3 is 5.97 Å². The number of para-hydroxylation sites is 1. The maximum Gasteiger partial charge on any atom is 0.337 e. The van der Waals surface area contributed by atoms with Gasteiger partial charge in [-0.05, 0) is 48.0 Å². The van der Waals surface area contributed by atoms with E-state index < -0.39 is 11.9 Å². The first kappa shape index (κ1) is 21.9. The summed E-state index contributed by atoms with van der Waals surface area (Å²) in [7, 11) is 1.31. The highest BCUT2D eigenvalue weighted by atomic mass is 79.9. The standard InChI is InChI=1S/C23H18BrN3O4/c1-31-23(30)16-11-9-15(10-12-16)14-25-27-22(29)19-7-2-3-8-20(19)26-21(28)17-5-4-6-18(24)13-17/h2-14H,1H3,(H,26,28)(H,27,29). The fraction of sp³-hybridized carbons (Fsp3) is 0.0435. The van der Waals surface area contributed by atoms with Crippen molar-refractivity contribution in [3.63, 3.8) is 0 Å². The quantitative estimate of drug-likeness (QED) is 0.313. The molecule has 2 N–H and O–H groups in total. The summed E-state index contributed by atoms with van der Waals surface area (Å²) < 4.78 is 5.43. The minimum atomic E-state index is -0.479. The summed E-state index contributed by atoms with van der Waals surface area (Å²) in [6.45, 7) is 0. The van der Waals surface area contributed by atoms with Gasteiger partial charge < -0.3 is 10.1 Å². The van der Waals surface area contributed by atoms with Crippen molar-refractivity contribution in [1.29, 1.82) is 0 Å². The number of halogens is 1. The third kappa shape index (κ3) is 5.86. The highest BCUT2D eigenvalue weighted by molar-refractivity contribution is 9.10. The fourth-order valence-corrected chi connectivity index (χ4v) is 3.06. The second kappa shape index (κ2) is 10.3. The molecule has 0 heterocycles.